The number of nitrogens with two attached hydrogens (primary N) is 1. The number of nitrogens with zero attached hydrogens (tertiary/aromatic N) is 2. The highest BCUT2D eigenvalue weighted by Gasteiger charge is 2.14. The fourth-order valence-corrected chi connectivity index (χ4v) is 3.34. The normalized spacial score (nSPS) is 11.4. The predicted molar refractivity (Wildman–Crippen MR) is 83.9 cm³/mol. The molecule has 0 atom stereocenters. The lowest BCUT2D eigenvalue weighted by atomic mass is 10.2. The second-order valence-corrected chi connectivity index (χ2v) is 5.92. The topological polar surface area (TPSA) is 102 Å². The van der Waals surface area contributed by atoms with E-state index in [9.17, 15) is 10.1 Å². The fraction of sp³-hybridized carbons (Fsp3) is 0. The largest absolute Gasteiger partial charge is 0.409 e. The van der Waals surface area contributed by atoms with Crippen LogP contribution in [0.5, 0.6) is 0 Å². The maximum atomic E-state index is 11.0. The first-order valence-electron chi connectivity index (χ1n) is 5.71. The van der Waals surface area contributed by atoms with E-state index in [0.717, 1.165) is 4.90 Å². The Morgan fingerprint density at radius 2 is 2.05 bits per heavy atom. The quantitative estimate of drug-likeness (QED) is 0.282. The van der Waals surface area contributed by atoms with Crippen molar-refractivity contribution < 1.29 is 10.1 Å². The smallest absolute Gasteiger partial charge is 0.283 e. The van der Waals surface area contributed by atoms with Gasteiger partial charge in [0.25, 0.3) is 5.69 Å². The van der Waals surface area contributed by atoms with Gasteiger partial charge >= 0.3 is 0 Å². The van der Waals surface area contributed by atoms with Crippen molar-refractivity contribution in [3.63, 3.8) is 0 Å². The van der Waals surface area contributed by atoms with Gasteiger partial charge in [0, 0.05) is 21.0 Å². The van der Waals surface area contributed by atoms with Crippen molar-refractivity contribution >= 4 is 39.2 Å². The molecule has 0 fully saturated rings. The summed E-state index contributed by atoms with van der Waals surface area (Å²) in [6.07, 6.45) is 0. The van der Waals surface area contributed by atoms with E-state index in [0.29, 0.717) is 14.9 Å². The minimum Gasteiger partial charge on any atom is -0.409 e. The molecule has 0 radical (unpaired) electrons. The van der Waals surface area contributed by atoms with Gasteiger partial charge in [-0.05, 0) is 40.2 Å². The molecule has 0 aliphatic heterocycles. The first-order valence-corrected chi connectivity index (χ1v) is 7.32. The number of amidine groups is 1. The fourth-order valence-electron chi connectivity index (χ4n) is 1.64. The summed E-state index contributed by atoms with van der Waals surface area (Å²) < 4.78 is 0.640. The summed E-state index contributed by atoms with van der Waals surface area (Å²) in [6.45, 7) is 0. The summed E-state index contributed by atoms with van der Waals surface area (Å²) in [6, 6.07) is 11.7. The zero-order valence-electron chi connectivity index (χ0n) is 10.6. The second kappa shape index (κ2) is 6.59. The summed E-state index contributed by atoms with van der Waals surface area (Å²) >= 11 is 4.60. The molecule has 2 aromatic rings. The van der Waals surface area contributed by atoms with Crippen LogP contribution in [0.1, 0.15) is 5.56 Å². The van der Waals surface area contributed by atoms with E-state index in [2.05, 4.69) is 21.1 Å². The zero-order valence-corrected chi connectivity index (χ0v) is 13.0. The van der Waals surface area contributed by atoms with Crippen LogP contribution in [0, 0.1) is 10.1 Å². The van der Waals surface area contributed by atoms with Gasteiger partial charge in [-0.15, -0.1) is 0 Å². The first-order chi connectivity index (χ1) is 10.0. The number of halogens is 1. The second-order valence-electron chi connectivity index (χ2n) is 3.95. The van der Waals surface area contributed by atoms with Gasteiger partial charge in [0.1, 0.15) is 0 Å². The molecule has 21 heavy (non-hydrogen) atoms. The Balaban J connectivity index is 2.33. The van der Waals surface area contributed by atoms with E-state index in [1.165, 1.54) is 17.8 Å². The summed E-state index contributed by atoms with van der Waals surface area (Å²) in [7, 11) is 0. The molecule has 0 saturated heterocycles. The molecule has 0 spiro atoms. The maximum Gasteiger partial charge on any atom is 0.283 e. The molecule has 8 heteroatoms. The number of rotatable bonds is 4. The van der Waals surface area contributed by atoms with Gasteiger partial charge in [0.2, 0.25) is 0 Å². The number of hydrogen-bond acceptors (Lipinski definition) is 5. The number of benzene rings is 2. The summed E-state index contributed by atoms with van der Waals surface area (Å²) in [5, 5.41) is 22.6. The van der Waals surface area contributed by atoms with E-state index >= 15 is 0 Å². The predicted octanol–water partition coefficient (Wildman–Crippen LogP) is 3.60. The Kier molecular flexibility index (Phi) is 4.81. The van der Waals surface area contributed by atoms with Crippen molar-refractivity contribution in [3.05, 3.63) is 62.6 Å². The molecule has 0 saturated carbocycles. The molecule has 0 unspecified atom stereocenters. The molecule has 108 valence electrons. The van der Waals surface area contributed by atoms with Gasteiger partial charge in [-0.25, -0.2) is 0 Å². The lowest BCUT2D eigenvalue weighted by Gasteiger charge is -2.06. The zero-order chi connectivity index (χ0) is 15.4. The highest BCUT2D eigenvalue weighted by molar-refractivity contribution is 9.10. The van der Waals surface area contributed by atoms with Gasteiger partial charge in [-0.3, -0.25) is 10.1 Å². The molecular weight excluding hydrogens is 358 g/mol. The standard InChI is InChI=1S/C13H10BrN3O3S/c14-10-7-8(5-6-9(10)13(15)16-18)21-12-4-2-1-3-11(12)17(19)20/h1-7,18H,(H2,15,16). The van der Waals surface area contributed by atoms with Gasteiger partial charge in [0.15, 0.2) is 5.84 Å². The molecular formula is C13H10BrN3O3S. The van der Waals surface area contributed by atoms with E-state index in [1.54, 1.807) is 36.4 Å². The van der Waals surface area contributed by atoms with Crippen LogP contribution >= 0.6 is 27.7 Å². The molecule has 6 nitrogen and oxygen atoms in total. The van der Waals surface area contributed by atoms with Crippen LogP contribution in [0.25, 0.3) is 0 Å². The van der Waals surface area contributed by atoms with Crippen molar-refractivity contribution in [1.82, 2.24) is 0 Å². The highest BCUT2D eigenvalue weighted by atomic mass is 79.9. The SMILES string of the molecule is N/C(=N/O)c1ccc(Sc2ccccc2[N+](=O)[O-])cc1Br. The third-order valence-corrected chi connectivity index (χ3v) is 4.32. The van der Waals surface area contributed by atoms with Crippen molar-refractivity contribution in [3.8, 4) is 0 Å². The van der Waals surface area contributed by atoms with Crippen molar-refractivity contribution in [2.24, 2.45) is 10.9 Å². The van der Waals surface area contributed by atoms with E-state index in [-0.39, 0.29) is 11.5 Å². The van der Waals surface area contributed by atoms with E-state index in [4.69, 9.17) is 10.9 Å². The van der Waals surface area contributed by atoms with Crippen molar-refractivity contribution in [2.45, 2.75) is 9.79 Å². The minimum atomic E-state index is -0.415. The van der Waals surface area contributed by atoms with Crippen LogP contribution in [0.3, 0.4) is 0 Å². The highest BCUT2D eigenvalue weighted by Crippen LogP contribution is 2.36. The lowest BCUT2D eigenvalue weighted by molar-refractivity contribution is -0.387. The Bertz CT molecular complexity index is 722. The van der Waals surface area contributed by atoms with Crippen LogP contribution in [0.4, 0.5) is 5.69 Å². The number of hydrogen-bond donors (Lipinski definition) is 2. The van der Waals surface area contributed by atoms with Gasteiger partial charge in [-0.2, -0.15) is 0 Å². The molecule has 0 aliphatic carbocycles. The summed E-state index contributed by atoms with van der Waals surface area (Å²) in [4.78, 5) is 11.9. The Hall–Kier alpha value is -2.06. The Labute approximate surface area is 132 Å². The lowest BCUT2D eigenvalue weighted by Crippen LogP contribution is -2.13. The molecule has 2 rings (SSSR count). The molecule has 0 bridgehead atoms. The van der Waals surface area contributed by atoms with Crippen LogP contribution in [-0.4, -0.2) is 16.0 Å². The van der Waals surface area contributed by atoms with Crippen LogP contribution < -0.4 is 5.73 Å². The Morgan fingerprint density at radius 1 is 1.33 bits per heavy atom. The van der Waals surface area contributed by atoms with Crippen molar-refractivity contribution in [2.75, 3.05) is 0 Å². The maximum absolute atomic E-state index is 11.0. The molecule has 0 aromatic heterocycles. The van der Waals surface area contributed by atoms with Crippen LogP contribution in [0.2, 0.25) is 0 Å². The first kappa shape index (κ1) is 15.3. The number of nitro benzene ring substituents is 1. The van der Waals surface area contributed by atoms with Crippen molar-refractivity contribution in [1.29, 1.82) is 0 Å². The minimum absolute atomic E-state index is 0.0101. The number of para-hydroxylation sites is 1. The summed E-state index contributed by atoms with van der Waals surface area (Å²) in [5.74, 6) is -0.0101. The average Bonchev–Trinajstić information content (AvgIpc) is 2.47. The summed E-state index contributed by atoms with van der Waals surface area (Å²) in [5.41, 5.74) is 6.14. The van der Waals surface area contributed by atoms with Crippen LogP contribution in [-0.2, 0) is 0 Å². The van der Waals surface area contributed by atoms with Gasteiger partial charge in [-0.1, -0.05) is 29.1 Å². The number of oxime groups is 1. The van der Waals surface area contributed by atoms with E-state index < -0.39 is 4.92 Å². The van der Waals surface area contributed by atoms with E-state index in [1.807, 2.05) is 0 Å². The molecule has 0 amide bonds. The molecule has 0 heterocycles. The Morgan fingerprint density at radius 3 is 2.67 bits per heavy atom. The number of nitro groups is 1. The monoisotopic (exact) mass is 367 g/mol. The molecule has 0 aliphatic rings. The molecule has 3 N–H and O–H groups in total. The van der Waals surface area contributed by atoms with Gasteiger partial charge < -0.3 is 10.9 Å². The molecule has 2 aromatic carbocycles. The van der Waals surface area contributed by atoms with Gasteiger partial charge in [0.05, 0.1) is 9.82 Å². The average molecular weight is 368 g/mol. The van der Waals surface area contributed by atoms with Crippen LogP contribution in [0.15, 0.2) is 61.9 Å². The third-order valence-electron chi connectivity index (χ3n) is 2.61. The third kappa shape index (κ3) is 3.53.